The van der Waals surface area contributed by atoms with E-state index in [4.69, 9.17) is 5.11 Å². The zero-order chi connectivity index (χ0) is 14.7. The lowest BCUT2D eigenvalue weighted by Gasteiger charge is -2.20. The number of alkyl halides is 2. The fourth-order valence-electron chi connectivity index (χ4n) is 1.82. The van der Waals surface area contributed by atoms with Gasteiger partial charge in [-0.05, 0) is 18.2 Å². The van der Waals surface area contributed by atoms with Crippen molar-refractivity contribution in [1.82, 2.24) is 4.90 Å². The molecule has 8 heteroatoms. The Morgan fingerprint density at radius 1 is 1.45 bits per heavy atom. The van der Waals surface area contributed by atoms with Crippen LogP contribution in [0.4, 0.5) is 8.78 Å². The summed E-state index contributed by atoms with van der Waals surface area (Å²) in [6, 6.07) is 4.42. The number of carboxylic acids is 1. The van der Waals surface area contributed by atoms with Gasteiger partial charge >= 0.3 is 12.6 Å². The number of carbonyl (C=O) groups excluding carboxylic acids is 1. The molecule has 20 heavy (non-hydrogen) atoms. The van der Waals surface area contributed by atoms with E-state index in [0.29, 0.717) is 5.75 Å². The predicted octanol–water partition coefficient (Wildman–Crippen LogP) is 1.89. The summed E-state index contributed by atoms with van der Waals surface area (Å²) in [6.07, 6.45) is 0. The molecule has 0 radical (unpaired) electrons. The third-order valence-electron chi connectivity index (χ3n) is 2.73. The van der Waals surface area contributed by atoms with Crippen molar-refractivity contribution in [3.05, 3.63) is 29.8 Å². The van der Waals surface area contributed by atoms with Crippen molar-refractivity contribution in [2.75, 3.05) is 11.6 Å². The number of halogens is 2. The Morgan fingerprint density at radius 2 is 2.20 bits per heavy atom. The number of aliphatic carboxylic acids is 1. The number of nitrogens with zero attached hydrogens (tertiary/aromatic N) is 1. The molecule has 0 aliphatic carbocycles. The third-order valence-corrected chi connectivity index (χ3v) is 3.75. The van der Waals surface area contributed by atoms with Crippen molar-refractivity contribution in [2.24, 2.45) is 0 Å². The van der Waals surface area contributed by atoms with Gasteiger partial charge in [0.2, 0.25) is 0 Å². The van der Waals surface area contributed by atoms with Gasteiger partial charge in [0.15, 0.2) is 0 Å². The summed E-state index contributed by atoms with van der Waals surface area (Å²) in [5, 5.41) is 9.02. The zero-order valence-corrected chi connectivity index (χ0v) is 11.0. The van der Waals surface area contributed by atoms with E-state index in [1.807, 2.05) is 0 Å². The quantitative estimate of drug-likeness (QED) is 0.920. The normalized spacial score (nSPS) is 18.4. The molecule has 1 aromatic rings. The molecule has 1 aliphatic rings. The second-order valence-electron chi connectivity index (χ2n) is 4.04. The summed E-state index contributed by atoms with van der Waals surface area (Å²) in [5.41, 5.74) is 0.122. The first-order valence-electron chi connectivity index (χ1n) is 5.65. The van der Waals surface area contributed by atoms with Crippen LogP contribution in [0.1, 0.15) is 10.4 Å². The molecule has 1 heterocycles. The average molecular weight is 303 g/mol. The zero-order valence-electron chi connectivity index (χ0n) is 10.2. The average Bonchev–Trinajstić information content (AvgIpc) is 2.86. The van der Waals surface area contributed by atoms with Crippen LogP contribution in [0.25, 0.3) is 0 Å². The van der Waals surface area contributed by atoms with Gasteiger partial charge in [0.25, 0.3) is 5.91 Å². The molecule has 1 aliphatic heterocycles. The lowest BCUT2D eigenvalue weighted by Crippen LogP contribution is -2.41. The van der Waals surface area contributed by atoms with E-state index in [-0.39, 0.29) is 17.2 Å². The molecule has 1 fully saturated rings. The van der Waals surface area contributed by atoms with Crippen molar-refractivity contribution in [3.63, 3.8) is 0 Å². The first-order chi connectivity index (χ1) is 9.49. The predicted molar refractivity (Wildman–Crippen MR) is 68.0 cm³/mol. The largest absolute Gasteiger partial charge is 0.480 e. The molecule has 1 aromatic carbocycles. The molecule has 1 unspecified atom stereocenters. The molecular weight excluding hydrogens is 292 g/mol. The summed E-state index contributed by atoms with van der Waals surface area (Å²) in [7, 11) is 0. The van der Waals surface area contributed by atoms with E-state index in [9.17, 15) is 18.4 Å². The first kappa shape index (κ1) is 14.6. The Kier molecular flexibility index (Phi) is 4.43. The number of amides is 1. The van der Waals surface area contributed by atoms with Gasteiger partial charge in [0.1, 0.15) is 11.8 Å². The van der Waals surface area contributed by atoms with Crippen LogP contribution < -0.4 is 4.74 Å². The van der Waals surface area contributed by atoms with E-state index in [1.54, 1.807) is 0 Å². The van der Waals surface area contributed by atoms with Crippen molar-refractivity contribution in [3.8, 4) is 5.75 Å². The van der Waals surface area contributed by atoms with Crippen molar-refractivity contribution in [1.29, 1.82) is 0 Å². The van der Waals surface area contributed by atoms with Crippen molar-refractivity contribution >= 4 is 23.6 Å². The summed E-state index contributed by atoms with van der Waals surface area (Å²) in [6.45, 7) is -2.98. The molecule has 0 aromatic heterocycles. The van der Waals surface area contributed by atoms with Crippen LogP contribution in [0.3, 0.4) is 0 Å². The fourth-order valence-corrected chi connectivity index (χ4v) is 2.96. The molecule has 108 valence electrons. The minimum Gasteiger partial charge on any atom is -0.480 e. The Labute approximate surface area is 117 Å². The number of thioether (sulfide) groups is 1. The minimum atomic E-state index is -2.98. The van der Waals surface area contributed by atoms with Gasteiger partial charge in [0, 0.05) is 11.3 Å². The van der Waals surface area contributed by atoms with Gasteiger partial charge in [0.05, 0.1) is 5.88 Å². The van der Waals surface area contributed by atoms with Gasteiger partial charge < -0.3 is 14.7 Å². The number of carbonyl (C=O) groups is 2. The maximum atomic E-state index is 12.2. The highest BCUT2D eigenvalue weighted by Gasteiger charge is 2.35. The SMILES string of the molecule is O=C(O)C1CSCN1C(=O)c1cccc(OC(F)F)c1. The summed E-state index contributed by atoms with van der Waals surface area (Å²) < 4.78 is 28.5. The number of hydrogen-bond donors (Lipinski definition) is 1. The first-order valence-corrected chi connectivity index (χ1v) is 6.81. The molecule has 0 spiro atoms. The maximum absolute atomic E-state index is 12.2. The Hall–Kier alpha value is -1.83. The number of benzene rings is 1. The van der Waals surface area contributed by atoms with Crippen LogP contribution in [0.15, 0.2) is 24.3 Å². The molecule has 1 saturated heterocycles. The highest BCUT2D eigenvalue weighted by Crippen LogP contribution is 2.25. The summed E-state index contributed by atoms with van der Waals surface area (Å²) in [4.78, 5) is 24.4. The Bertz CT molecular complexity index is 526. The van der Waals surface area contributed by atoms with E-state index >= 15 is 0 Å². The Balaban J connectivity index is 2.18. The molecule has 0 bridgehead atoms. The second kappa shape index (κ2) is 6.08. The van der Waals surface area contributed by atoms with Gasteiger partial charge in [-0.3, -0.25) is 4.79 Å². The summed E-state index contributed by atoms with van der Waals surface area (Å²) >= 11 is 1.33. The van der Waals surface area contributed by atoms with Crippen LogP contribution in [0, 0.1) is 0 Å². The van der Waals surface area contributed by atoms with Gasteiger partial charge in [-0.1, -0.05) is 6.07 Å². The van der Waals surface area contributed by atoms with Gasteiger partial charge in [-0.15, -0.1) is 11.8 Å². The summed E-state index contributed by atoms with van der Waals surface area (Å²) in [5.74, 6) is -1.15. The van der Waals surface area contributed by atoms with Crippen LogP contribution >= 0.6 is 11.8 Å². The molecule has 0 saturated carbocycles. The molecule has 1 amide bonds. The van der Waals surface area contributed by atoms with Gasteiger partial charge in [-0.2, -0.15) is 8.78 Å². The Morgan fingerprint density at radius 3 is 2.85 bits per heavy atom. The lowest BCUT2D eigenvalue weighted by atomic mass is 10.1. The van der Waals surface area contributed by atoms with E-state index in [2.05, 4.69) is 4.74 Å². The highest BCUT2D eigenvalue weighted by atomic mass is 32.2. The molecule has 1 N–H and O–H groups in total. The molecule has 5 nitrogen and oxygen atoms in total. The van der Waals surface area contributed by atoms with Crippen LogP contribution in [-0.2, 0) is 4.79 Å². The van der Waals surface area contributed by atoms with Gasteiger partial charge in [-0.25, -0.2) is 4.79 Å². The van der Waals surface area contributed by atoms with Crippen LogP contribution in [0.5, 0.6) is 5.75 Å². The smallest absolute Gasteiger partial charge is 0.387 e. The van der Waals surface area contributed by atoms with Crippen molar-refractivity contribution in [2.45, 2.75) is 12.7 Å². The monoisotopic (exact) mass is 303 g/mol. The molecular formula is C12H11F2NO4S. The molecule has 1 atom stereocenters. The minimum absolute atomic E-state index is 0.122. The third kappa shape index (κ3) is 3.19. The number of hydrogen-bond acceptors (Lipinski definition) is 4. The van der Waals surface area contributed by atoms with E-state index in [0.717, 1.165) is 0 Å². The molecule has 2 rings (SSSR count). The van der Waals surface area contributed by atoms with Crippen LogP contribution in [-0.4, -0.2) is 46.2 Å². The highest BCUT2D eigenvalue weighted by molar-refractivity contribution is 7.99. The maximum Gasteiger partial charge on any atom is 0.387 e. The number of rotatable bonds is 4. The van der Waals surface area contributed by atoms with Crippen molar-refractivity contribution < 1.29 is 28.2 Å². The lowest BCUT2D eigenvalue weighted by molar-refractivity contribution is -0.140. The number of ether oxygens (including phenoxy) is 1. The number of carboxylic acid groups (broad SMARTS) is 1. The standard InChI is InChI=1S/C12H11F2NO4S/c13-12(14)19-8-3-1-2-7(4-8)10(16)15-6-20-5-9(15)11(17)18/h1-4,9,12H,5-6H2,(H,17,18). The van der Waals surface area contributed by atoms with E-state index in [1.165, 1.54) is 40.9 Å². The topological polar surface area (TPSA) is 66.8 Å². The van der Waals surface area contributed by atoms with E-state index < -0.39 is 24.5 Å². The second-order valence-corrected chi connectivity index (χ2v) is 5.03. The van der Waals surface area contributed by atoms with Crippen LogP contribution in [0.2, 0.25) is 0 Å². The fraction of sp³-hybridized carbons (Fsp3) is 0.333.